The summed E-state index contributed by atoms with van der Waals surface area (Å²) in [4.78, 5) is 10.4. The molecule has 0 amide bonds. The lowest BCUT2D eigenvalue weighted by atomic mass is 9.91. The summed E-state index contributed by atoms with van der Waals surface area (Å²) in [6.07, 6.45) is 1.35. The van der Waals surface area contributed by atoms with E-state index in [4.69, 9.17) is 0 Å². The predicted octanol–water partition coefficient (Wildman–Crippen LogP) is 2.70. The number of aromatic hydroxyl groups is 1. The molecule has 14 heavy (non-hydrogen) atoms. The van der Waals surface area contributed by atoms with Crippen LogP contribution in [0.5, 0.6) is 5.75 Å². The third-order valence-corrected chi connectivity index (χ3v) is 2.58. The van der Waals surface area contributed by atoms with Gasteiger partial charge in [-0.3, -0.25) is 0 Å². The van der Waals surface area contributed by atoms with Crippen molar-refractivity contribution in [3.05, 3.63) is 28.8 Å². The van der Waals surface area contributed by atoms with Crippen molar-refractivity contribution >= 4 is 6.29 Å². The zero-order chi connectivity index (χ0) is 10.7. The molecule has 0 saturated carbocycles. The van der Waals surface area contributed by atoms with Gasteiger partial charge in [-0.25, -0.2) is 0 Å². The van der Waals surface area contributed by atoms with Crippen LogP contribution in [0, 0.1) is 13.8 Å². The molecule has 1 atom stereocenters. The zero-order valence-electron chi connectivity index (χ0n) is 8.87. The van der Waals surface area contributed by atoms with E-state index in [-0.39, 0.29) is 5.92 Å². The quantitative estimate of drug-likeness (QED) is 0.747. The fourth-order valence-corrected chi connectivity index (χ4v) is 1.70. The monoisotopic (exact) mass is 192 g/mol. The molecule has 1 rings (SSSR count). The van der Waals surface area contributed by atoms with Crippen LogP contribution >= 0.6 is 0 Å². The van der Waals surface area contributed by atoms with E-state index in [0.717, 1.165) is 23.0 Å². The van der Waals surface area contributed by atoms with E-state index in [9.17, 15) is 9.90 Å². The Morgan fingerprint density at radius 1 is 1.36 bits per heavy atom. The van der Waals surface area contributed by atoms with Crippen molar-refractivity contribution in [1.82, 2.24) is 0 Å². The summed E-state index contributed by atoms with van der Waals surface area (Å²) >= 11 is 0. The molecule has 2 heteroatoms. The van der Waals surface area contributed by atoms with Crippen molar-refractivity contribution in [2.45, 2.75) is 33.1 Å². The second kappa shape index (κ2) is 4.27. The molecule has 2 nitrogen and oxygen atoms in total. The maximum atomic E-state index is 10.4. The number of aryl methyl sites for hydroxylation is 2. The highest BCUT2D eigenvalue weighted by atomic mass is 16.3. The average Bonchev–Trinajstić information content (AvgIpc) is 2.13. The fourth-order valence-electron chi connectivity index (χ4n) is 1.70. The third kappa shape index (κ3) is 1.95. The summed E-state index contributed by atoms with van der Waals surface area (Å²) in [5.41, 5.74) is 2.81. The zero-order valence-corrected chi connectivity index (χ0v) is 8.87. The minimum atomic E-state index is 0.0902. The summed E-state index contributed by atoms with van der Waals surface area (Å²) in [6.45, 7) is 5.78. The minimum Gasteiger partial charge on any atom is -0.507 e. The average molecular weight is 192 g/mol. The number of aldehydes is 1. The van der Waals surface area contributed by atoms with Gasteiger partial charge in [0.25, 0.3) is 0 Å². The molecule has 0 heterocycles. The number of carbonyl (C=O) groups excluding carboxylic acids is 1. The molecule has 0 aliphatic rings. The number of phenolic OH excluding ortho intramolecular Hbond substituents is 1. The van der Waals surface area contributed by atoms with E-state index in [2.05, 4.69) is 0 Å². The van der Waals surface area contributed by atoms with Gasteiger partial charge in [0.2, 0.25) is 0 Å². The Morgan fingerprint density at radius 3 is 2.50 bits per heavy atom. The van der Waals surface area contributed by atoms with E-state index in [1.165, 1.54) is 0 Å². The maximum Gasteiger partial charge on any atom is 0.122 e. The van der Waals surface area contributed by atoms with Crippen LogP contribution in [-0.4, -0.2) is 11.4 Å². The SMILES string of the molecule is Cc1ccc(C)c(C(C)CC=O)c1O. The lowest BCUT2D eigenvalue weighted by molar-refractivity contribution is -0.108. The Bertz CT molecular complexity index is 342. The first-order valence-corrected chi connectivity index (χ1v) is 4.80. The second-order valence-corrected chi connectivity index (χ2v) is 3.77. The molecule has 0 aliphatic heterocycles. The van der Waals surface area contributed by atoms with Gasteiger partial charge in [-0.2, -0.15) is 0 Å². The number of phenols is 1. The smallest absolute Gasteiger partial charge is 0.122 e. The van der Waals surface area contributed by atoms with Gasteiger partial charge in [-0.05, 0) is 30.9 Å². The topological polar surface area (TPSA) is 37.3 Å². The van der Waals surface area contributed by atoms with Crippen molar-refractivity contribution in [2.24, 2.45) is 0 Å². The number of carbonyl (C=O) groups is 1. The summed E-state index contributed by atoms with van der Waals surface area (Å²) < 4.78 is 0. The highest BCUT2D eigenvalue weighted by molar-refractivity contribution is 5.54. The molecule has 0 aromatic heterocycles. The number of rotatable bonds is 3. The molecule has 0 spiro atoms. The van der Waals surface area contributed by atoms with Crippen molar-refractivity contribution in [3.63, 3.8) is 0 Å². The molecule has 1 N–H and O–H groups in total. The highest BCUT2D eigenvalue weighted by Gasteiger charge is 2.14. The first-order valence-electron chi connectivity index (χ1n) is 4.80. The van der Waals surface area contributed by atoms with Gasteiger partial charge in [-0.1, -0.05) is 19.1 Å². The van der Waals surface area contributed by atoms with Crippen LogP contribution in [0.2, 0.25) is 0 Å². The van der Waals surface area contributed by atoms with Gasteiger partial charge in [0.1, 0.15) is 12.0 Å². The van der Waals surface area contributed by atoms with E-state index in [1.807, 2.05) is 32.9 Å². The van der Waals surface area contributed by atoms with Crippen LogP contribution in [0.1, 0.15) is 36.0 Å². The summed E-state index contributed by atoms with van der Waals surface area (Å²) in [6, 6.07) is 3.87. The third-order valence-electron chi connectivity index (χ3n) is 2.58. The van der Waals surface area contributed by atoms with Crippen LogP contribution in [-0.2, 0) is 4.79 Å². The summed E-state index contributed by atoms with van der Waals surface area (Å²) in [7, 11) is 0. The summed E-state index contributed by atoms with van der Waals surface area (Å²) in [5, 5.41) is 9.86. The van der Waals surface area contributed by atoms with Crippen LogP contribution in [0.4, 0.5) is 0 Å². The maximum absolute atomic E-state index is 10.4. The van der Waals surface area contributed by atoms with E-state index in [0.29, 0.717) is 12.2 Å². The highest BCUT2D eigenvalue weighted by Crippen LogP contribution is 2.32. The van der Waals surface area contributed by atoms with Gasteiger partial charge < -0.3 is 9.90 Å². The van der Waals surface area contributed by atoms with Crippen LogP contribution < -0.4 is 0 Å². The molecule has 0 fully saturated rings. The predicted molar refractivity (Wildman–Crippen MR) is 56.7 cm³/mol. The van der Waals surface area contributed by atoms with Crippen molar-refractivity contribution in [3.8, 4) is 5.75 Å². The number of benzene rings is 1. The Kier molecular flexibility index (Phi) is 3.28. The van der Waals surface area contributed by atoms with Gasteiger partial charge in [-0.15, -0.1) is 0 Å². The normalized spacial score (nSPS) is 12.5. The van der Waals surface area contributed by atoms with Gasteiger partial charge in [0.15, 0.2) is 0 Å². The Balaban J connectivity index is 3.17. The Labute approximate surface area is 84.6 Å². The molecule has 1 aromatic rings. The van der Waals surface area contributed by atoms with E-state index >= 15 is 0 Å². The minimum absolute atomic E-state index is 0.0902. The first kappa shape index (κ1) is 10.8. The molecule has 1 aromatic carbocycles. The molecule has 0 radical (unpaired) electrons. The van der Waals surface area contributed by atoms with Gasteiger partial charge in [0, 0.05) is 12.0 Å². The van der Waals surface area contributed by atoms with E-state index < -0.39 is 0 Å². The first-order chi connectivity index (χ1) is 6.57. The fraction of sp³-hybridized carbons (Fsp3) is 0.417. The van der Waals surface area contributed by atoms with Crippen LogP contribution in [0.25, 0.3) is 0 Å². The van der Waals surface area contributed by atoms with Crippen molar-refractivity contribution in [2.75, 3.05) is 0 Å². The lowest BCUT2D eigenvalue weighted by Crippen LogP contribution is -1.99. The molecule has 0 saturated heterocycles. The Morgan fingerprint density at radius 2 is 1.93 bits per heavy atom. The molecular weight excluding hydrogens is 176 g/mol. The molecule has 0 bridgehead atoms. The molecule has 1 unspecified atom stereocenters. The summed E-state index contributed by atoms with van der Waals surface area (Å²) in [5.74, 6) is 0.423. The molecule has 0 aliphatic carbocycles. The van der Waals surface area contributed by atoms with Gasteiger partial charge in [0.05, 0.1) is 0 Å². The molecular formula is C12H16O2. The van der Waals surface area contributed by atoms with Crippen LogP contribution in [0.15, 0.2) is 12.1 Å². The van der Waals surface area contributed by atoms with Crippen LogP contribution in [0.3, 0.4) is 0 Å². The van der Waals surface area contributed by atoms with Crippen molar-refractivity contribution < 1.29 is 9.90 Å². The standard InChI is InChI=1S/C12H16O2/c1-8-4-5-10(3)12(14)11(8)9(2)6-7-13/h4-5,7,9,14H,6H2,1-3H3. The molecule has 76 valence electrons. The Hall–Kier alpha value is -1.31. The second-order valence-electron chi connectivity index (χ2n) is 3.77. The van der Waals surface area contributed by atoms with Gasteiger partial charge >= 0.3 is 0 Å². The largest absolute Gasteiger partial charge is 0.507 e. The number of hydrogen-bond donors (Lipinski definition) is 1. The van der Waals surface area contributed by atoms with Crippen molar-refractivity contribution in [1.29, 1.82) is 0 Å². The number of hydrogen-bond acceptors (Lipinski definition) is 2. The lowest BCUT2D eigenvalue weighted by Gasteiger charge is -2.15. The van der Waals surface area contributed by atoms with E-state index in [1.54, 1.807) is 0 Å².